The van der Waals surface area contributed by atoms with Gasteiger partial charge in [-0.05, 0) is 133 Å². The van der Waals surface area contributed by atoms with Crippen molar-refractivity contribution in [1.29, 1.82) is 0 Å². The highest BCUT2D eigenvalue weighted by atomic mass is 127. The third-order valence-corrected chi connectivity index (χ3v) is 8.95. The van der Waals surface area contributed by atoms with E-state index in [0.29, 0.717) is 13.6 Å². The van der Waals surface area contributed by atoms with Crippen molar-refractivity contribution in [2.75, 3.05) is 23.8 Å². The number of rotatable bonds is 14. The normalized spacial score (nSPS) is 11.6. The maximum atomic E-state index is 14.1. The molecule has 1 atom stereocenters. The van der Waals surface area contributed by atoms with Gasteiger partial charge < -0.3 is 20.8 Å². The molecule has 0 saturated heterocycles. The minimum Gasteiger partial charge on any atom is -0.396 e. The van der Waals surface area contributed by atoms with Gasteiger partial charge in [0.15, 0.2) is 0 Å². The first kappa shape index (κ1) is 44.4. The van der Waals surface area contributed by atoms with E-state index in [9.17, 15) is 27.2 Å². The van der Waals surface area contributed by atoms with E-state index in [1.54, 1.807) is 32.9 Å². The molecule has 0 saturated carbocycles. The summed E-state index contributed by atoms with van der Waals surface area (Å²) in [5.74, 6) is -4.01. The Balaban J connectivity index is 0.000000286. The van der Waals surface area contributed by atoms with Gasteiger partial charge in [0, 0.05) is 26.8 Å². The number of aliphatic hydroxyl groups is 2. The molecule has 0 fully saturated rings. The number of hydrogen-bond donors (Lipinski definition) is 6. The molecule has 0 bridgehead atoms. The van der Waals surface area contributed by atoms with Crippen LogP contribution in [-0.4, -0.2) is 46.9 Å². The Kier molecular flexibility index (Phi) is 17.3. The Bertz CT molecular complexity index is 1930. The molecule has 2 amide bonds. The van der Waals surface area contributed by atoms with E-state index in [1.807, 2.05) is 45.2 Å². The number of aliphatic hydroxyl groups excluding tert-OH is 2. The first-order valence-corrected chi connectivity index (χ1v) is 18.4. The number of hydrogen-bond acceptors (Lipinski definition) is 8. The van der Waals surface area contributed by atoms with E-state index in [1.165, 1.54) is 24.3 Å². The second-order valence-electron chi connectivity index (χ2n) is 11.8. The predicted octanol–water partition coefficient (Wildman–Crippen LogP) is 9.19. The lowest BCUT2D eigenvalue weighted by atomic mass is 10.1. The Labute approximate surface area is 340 Å². The van der Waals surface area contributed by atoms with Gasteiger partial charge in [0.05, 0.1) is 55.6 Å². The van der Waals surface area contributed by atoms with Crippen LogP contribution in [0.4, 0.5) is 40.3 Å². The van der Waals surface area contributed by atoms with E-state index >= 15 is 0 Å². The average molecular weight is 1010 g/mol. The quantitative estimate of drug-likeness (QED) is 0.0418. The Morgan fingerprint density at radius 2 is 1.17 bits per heavy atom. The summed E-state index contributed by atoms with van der Waals surface area (Å²) >= 11 is 15.5. The first-order valence-electron chi connectivity index (χ1n) is 15.5. The Morgan fingerprint density at radius 3 is 1.58 bits per heavy atom. The molecule has 6 N–H and O–H groups in total. The summed E-state index contributed by atoms with van der Waals surface area (Å²) in [6, 6.07) is 13.2. The fourth-order valence-electron chi connectivity index (χ4n) is 4.16. The number of benzene rings is 4. The number of carbonyl (C=O) groups is 2. The van der Waals surface area contributed by atoms with Gasteiger partial charge in [0.2, 0.25) is 0 Å². The predicted molar refractivity (Wildman–Crippen MR) is 212 cm³/mol. The molecule has 0 radical (unpaired) electrons. The number of halogens is 8. The average Bonchev–Trinajstić information content (AvgIpc) is 3.08. The minimum absolute atomic E-state index is 0.0226. The summed E-state index contributed by atoms with van der Waals surface area (Å²) < 4.78 is 57.3. The molecule has 4 rings (SSSR count). The van der Waals surface area contributed by atoms with Crippen LogP contribution >= 0.6 is 68.4 Å². The van der Waals surface area contributed by atoms with Crippen molar-refractivity contribution >= 4 is 103 Å². The van der Waals surface area contributed by atoms with Crippen LogP contribution < -0.4 is 21.6 Å². The second-order valence-corrected chi connectivity index (χ2v) is 15.1. The van der Waals surface area contributed by atoms with Crippen LogP contribution in [0.5, 0.6) is 0 Å². The lowest BCUT2D eigenvalue weighted by Gasteiger charge is -2.24. The number of hydroxylamine groups is 2. The number of carbonyl (C=O) groups excluding carboxylic acids is 2. The second kappa shape index (κ2) is 20.6. The third-order valence-electron chi connectivity index (χ3n) is 7.03. The van der Waals surface area contributed by atoms with Crippen LogP contribution in [0.25, 0.3) is 0 Å². The zero-order chi connectivity index (χ0) is 39.5. The largest absolute Gasteiger partial charge is 0.396 e. The van der Waals surface area contributed by atoms with Gasteiger partial charge >= 0.3 is 0 Å². The third kappa shape index (κ3) is 13.7. The summed E-state index contributed by atoms with van der Waals surface area (Å²) in [4.78, 5) is 35.3. The zero-order valence-electron chi connectivity index (χ0n) is 28.2. The van der Waals surface area contributed by atoms with E-state index in [2.05, 4.69) is 21.6 Å². The van der Waals surface area contributed by atoms with Crippen molar-refractivity contribution in [2.45, 2.75) is 45.3 Å². The molecule has 0 aromatic heterocycles. The van der Waals surface area contributed by atoms with Crippen molar-refractivity contribution in [3.8, 4) is 0 Å². The van der Waals surface area contributed by atoms with Crippen molar-refractivity contribution in [1.82, 2.24) is 11.0 Å². The van der Waals surface area contributed by atoms with E-state index < -0.39 is 46.8 Å². The van der Waals surface area contributed by atoms with Gasteiger partial charge in [-0.15, -0.1) is 0 Å². The first-order chi connectivity index (χ1) is 24.9. The molecule has 0 spiro atoms. The zero-order valence-corrected chi connectivity index (χ0v) is 34.1. The van der Waals surface area contributed by atoms with E-state index in [-0.39, 0.29) is 63.6 Å². The lowest BCUT2D eigenvalue weighted by molar-refractivity contribution is -0.0805. The van der Waals surface area contributed by atoms with E-state index in [4.69, 9.17) is 43.1 Å². The highest BCUT2D eigenvalue weighted by Gasteiger charge is 2.23. The van der Waals surface area contributed by atoms with Gasteiger partial charge in [0.1, 0.15) is 23.3 Å². The fraction of sp³-hybridized carbons (Fsp3) is 0.257. The van der Waals surface area contributed by atoms with Crippen LogP contribution in [-0.2, 0) is 9.68 Å². The van der Waals surface area contributed by atoms with Gasteiger partial charge in [-0.3, -0.25) is 19.3 Å². The van der Waals surface area contributed by atoms with E-state index in [0.717, 1.165) is 24.3 Å². The Morgan fingerprint density at radius 1 is 0.717 bits per heavy atom. The standard InChI is InChI=1S/C18H18ClF2IN2O3.C17H16ClF2IN2O3/c1-18(2,5-6-25)27-24-17(26)11-8-12(19)13(20)9-16(11)23-15-4-3-10(22)7-14(15)21;1-9(4-5-24)26-23-17(25)11-7-12(18)13(19)8-16(11)22-15-3-2-10(21)6-14(15)20/h3-4,7-9,23,25H,5-6H2,1-2H3,(H,24,26);2-3,6-9,22,24H,4-5H2,1H3,(H,23,25). The molecule has 0 aliphatic rings. The molecule has 1 unspecified atom stereocenters. The van der Waals surface area contributed by atoms with Crippen molar-refractivity contribution in [3.05, 3.63) is 112 Å². The molecule has 10 nitrogen and oxygen atoms in total. The van der Waals surface area contributed by atoms with Crippen LogP contribution in [0.3, 0.4) is 0 Å². The summed E-state index contributed by atoms with van der Waals surface area (Å²) in [6.07, 6.45) is 0.185. The highest BCUT2D eigenvalue weighted by Crippen LogP contribution is 2.30. The topological polar surface area (TPSA) is 141 Å². The van der Waals surface area contributed by atoms with Gasteiger partial charge in [-0.25, -0.2) is 28.5 Å². The molecule has 4 aromatic rings. The maximum Gasteiger partial charge on any atom is 0.277 e. The smallest absolute Gasteiger partial charge is 0.277 e. The molecular formula is C35H34Cl2F4I2N4O6. The molecule has 53 heavy (non-hydrogen) atoms. The summed E-state index contributed by atoms with van der Waals surface area (Å²) in [6.45, 7) is 4.80. The molecule has 0 aliphatic heterocycles. The van der Waals surface area contributed by atoms with Gasteiger partial charge in [0.25, 0.3) is 11.8 Å². The minimum atomic E-state index is -0.815. The molecular weight excluding hydrogens is 973 g/mol. The van der Waals surface area contributed by atoms with Crippen LogP contribution in [0.15, 0.2) is 60.7 Å². The molecule has 4 aromatic carbocycles. The summed E-state index contributed by atoms with van der Waals surface area (Å²) in [5, 5.41) is 22.7. The van der Waals surface area contributed by atoms with Crippen molar-refractivity contribution in [2.24, 2.45) is 0 Å². The maximum absolute atomic E-state index is 14.1. The number of nitrogens with one attached hydrogen (secondary N) is 4. The molecule has 0 heterocycles. The highest BCUT2D eigenvalue weighted by molar-refractivity contribution is 14.1. The van der Waals surface area contributed by atoms with Crippen LogP contribution in [0, 0.1) is 30.4 Å². The summed E-state index contributed by atoms with van der Waals surface area (Å²) in [7, 11) is 0. The fourth-order valence-corrected chi connectivity index (χ4v) is 5.39. The lowest BCUT2D eigenvalue weighted by Crippen LogP contribution is -2.36. The molecule has 0 aliphatic carbocycles. The monoisotopic (exact) mass is 1010 g/mol. The van der Waals surface area contributed by atoms with Crippen molar-refractivity contribution in [3.63, 3.8) is 0 Å². The summed E-state index contributed by atoms with van der Waals surface area (Å²) in [5.41, 5.74) is 3.81. The van der Waals surface area contributed by atoms with Gasteiger partial charge in [-0.1, -0.05) is 23.2 Å². The van der Waals surface area contributed by atoms with Crippen LogP contribution in [0.2, 0.25) is 10.0 Å². The van der Waals surface area contributed by atoms with Crippen LogP contribution in [0.1, 0.15) is 54.3 Å². The molecule has 286 valence electrons. The Hall–Kier alpha value is -2.98. The van der Waals surface area contributed by atoms with Gasteiger partial charge in [-0.2, -0.15) is 0 Å². The molecule has 18 heteroatoms. The van der Waals surface area contributed by atoms with Crippen molar-refractivity contribution < 1.29 is 47.0 Å². The number of anilines is 4. The SMILES string of the molecule is CC(C)(CCO)ONC(=O)c1cc(Cl)c(F)cc1Nc1ccc(I)cc1F.CC(CCO)ONC(=O)c1cc(Cl)c(F)cc1Nc1ccc(I)cc1F. The number of amides is 2.